The first-order chi connectivity index (χ1) is 57.4. The molecule has 606 valence electrons. The van der Waals surface area contributed by atoms with Crippen LogP contribution in [0.2, 0.25) is 0 Å². The topological polar surface area (TPSA) is 150 Å². The van der Waals surface area contributed by atoms with E-state index in [2.05, 4.69) is 216 Å². The van der Waals surface area contributed by atoms with Gasteiger partial charge in [0.25, 0.3) is 0 Å². The van der Waals surface area contributed by atoms with Gasteiger partial charge in [0.1, 0.15) is 34.4 Å². The Hall–Kier alpha value is -12.9. The number of hydrogen-bond donors (Lipinski definition) is 4. The van der Waals surface area contributed by atoms with Gasteiger partial charge >= 0.3 is 0 Å². The summed E-state index contributed by atoms with van der Waals surface area (Å²) < 4.78 is 12.5. The fourth-order valence-corrected chi connectivity index (χ4v) is 14.5. The molecule has 13 heteroatoms. The smallest absolute Gasteiger partial charge is 0.150 e. The summed E-state index contributed by atoms with van der Waals surface area (Å²) in [7, 11) is 0. The summed E-state index contributed by atoms with van der Waals surface area (Å²) in [5, 5.41) is 45.5. The minimum Gasteiger partial charge on any atom is -0.508 e. The summed E-state index contributed by atoms with van der Waals surface area (Å²) in [5.74, 6) is 7.81. The maximum atomic E-state index is 10.8. The Labute approximate surface area is 709 Å². The van der Waals surface area contributed by atoms with Crippen LogP contribution in [0.1, 0.15) is 162 Å². The molecule has 0 unspecified atom stereocenters. The molecular weight excluding hydrogens is 1480 g/mol. The van der Waals surface area contributed by atoms with E-state index in [9.17, 15) is 15.3 Å². The molecule has 0 spiro atoms. The van der Waals surface area contributed by atoms with Crippen LogP contribution in [0.4, 0.5) is 28.4 Å². The van der Waals surface area contributed by atoms with E-state index in [1.165, 1.54) is 52.0 Å². The fourth-order valence-electron chi connectivity index (χ4n) is 14.0. The second-order valence-corrected chi connectivity index (χ2v) is 33.1. The van der Waals surface area contributed by atoms with Crippen LogP contribution in [0.25, 0.3) is 27.6 Å². The van der Waals surface area contributed by atoms with Crippen LogP contribution in [-0.2, 0) is 23.7 Å². The van der Waals surface area contributed by atoms with E-state index in [4.69, 9.17) is 15.9 Å². The molecule has 0 amide bonds. The number of anilines is 3. The van der Waals surface area contributed by atoms with Gasteiger partial charge in [-0.05, 0) is 233 Å². The number of benzene rings is 13. The Morgan fingerprint density at radius 1 is 0.521 bits per heavy atom. The van der Waals surface area contributed by atoms with Gasteiger partial charge in [-0.25, -0.2) is 0 Å². The first-order valence-corrected chi connectivity index (χ1v) is 42.1. The predicted octanol–water partition coefficient (Wildman–Crippen LogP) is 27.7. The van der Waals surface area contributed by atoms with Crippen molar-refractivity contribution in [3.8, 4) is 69.4 Å². The SMILES string of the molecule is C#Cc1ccc(C=Nc2ccccc2N2CCCCC2)cc1.CSc1ccccc1N=Cc1cc(C(C)(C)C)cc(C(C)(C)C)c1O.Cc1cc(-c2cccc3ccccc23)c(O)c(-n2nccn2)c1.Cc1ccccc1Nc1ccccc1Oc1c(C(C)C)cccc1C(C)C.Oc1ccccc1CCc1ccccc1Oc1ccccc1. The van der Waals surface area contributed by atoms with Crippen molar-refractivity contribution in [1.82, 2.24) is 15.0 Å². The molecule has 0 radical (unpaired) electrons. The predicted molar refractivity (Wildman–Crippen MR) is 500 cm³/mol. The van der Waals surface area contributed by atoms with Gasteiger partial charge in [0.05, 0.1) is 35.1 Å². The zero-order chi connectivity index (χ0) is 84.4. The lowest BCUT2D eigenvalue weighted by molar-refractivity contribution is 0.444. The number of terminal acetylenes is 1. The number of rotatable bonds is 19. The average Bonchev–Trinajstić information content (AvgIpc) is 1.49. The minimum absolute atomic E-state index is 0.00741. The lowest BCUT2D eigenvalue weighted by Gasteiger charge is -2.29. The number of piperidine rings is 1. The van der Waals surface area contributed by atoms with E-state index in [1.54, 1.807) is 36.4 Å². The summed E-state index contributed by atoms with van der Waals surface area (Å²) in [5.41, 5.74) is 19.2. The molecule has 1 saturated heterocycles. The van der Waals surface area contributed by atoms with Crippen molar-refractivity contribution in [3.05, 3.63) is 359 Å². The molecule has 1 aliphatic heterocycles. The number of ether oxygens (including phenoxy) is 2. The number of para-hydroxylation sites is 10. The molecule has 0 atom stereocenters. The van der Waals surface area contributed by atoms with E-state index < -0.39 is 0 Å². The monoisotopic (exact) mass is 1590 g/mol. The molecule has 14 aromatic rings. The standard InChI is InChI=1S/C25H29NO.C22H29NOS.C20H20N2.C20H18O2.C19H15N3O/c1-17(2)20-12-10-13-21(18(3)4)25(20)27-24-16-9-8-15-23(24)26-22-14-7-6-11-19(22)5;1-21(2,3)16-12-15(20(24)17(13-16)22(4,5)6)14-23-18-10-8-9-11-19(18)25-7;1-2-17-10-12-18(13-11-17)16-21-19-8-4-5-9-20(19)22-14-6-3-7-15-22;21-19-12-6-4-8-16(19)14-15-17-9-5-7-13-20(17)22-18-10-2-1-3-11-18;1-13-11-17(19(23)18(12-13)22-20-9-10-21-22)16-8-4-6-14-5-2-3-7-15(14)16/h6-18,26H,1-5H3;8-14,24H,1-7H3;1,4-5,8-13,16H,3,6-7,14-15H2;1-13,21H,14-15H2;2-12,23H,1H3. The number of aromatic nitrogens is 3. The molecule has 1 aromatic heterocycles. The van der Waals surface area contributed by atoms with Gasteiger partial charge < -0.3 is 35.0 Å². The number of aryl methyl sites for hydroxylation is 4. The van der Waals surface area contributed by atoms with Gasteiger partial charge in [-0.2, -0.15) is 10.2 Å². The van der Waals surface area contributed by atoms with E-state index in [0.717, 1.165) is 137 Å². The summed E-state index contributed by atoms with van der Waals surface area (Å²) >= 11 is 1.67. The normalized spacial score (nSPS) is 12.0. The number of aliphatic imine (C=N–C) groups is 2. The lowest BCUT2D eigenvalue weighted by Crippen LogP contribution is -2.29. The van der Waals surface area contributed by atoms with Crippen molar-refractivity contribution in [2.75, 3.05) is 29.6 Å². The third kappa shape index (κ3) is 23.9. The van der Waals surface area contributed by atoms with Crippen molar-refractivity contribution in [1.29, 1.82) is 0 Å². The summed E-state index contributed by atoms with van der Waals surface area (Å²) in [6.45, 7) is 28.2. The zero-order valence-corrected chi connectivity index (χ0v) is 71.7. The van der Waals surface area contributed by atoms with Gasteiger partial charge in [0.15, 0.2) is 11.5 Å². The van der Waals surface area contributed by atoms with Crippen molar-refractivity contribution in [2.24, 2.45) is 9.98 Å². The average molecular weight is 1600 g/mol. The number of phenols is 3. The first-order valence-electron chi connectivity index (χ1n) is 40.9. The van der Waals surface area contributed by atoms with Gasteiger partial charge in [-0.1, -0.05) is 263 Å². The molecule has 4 N–H and O–H groups in total. The molecule has 119 heavy (non-hydrogen) atoms. The van der Waals surface area contributed by atoms with Crippen LogP contribution in [-0.4, -0.2) is 62.1 Å². The molecule has 13 aromatic carbocycles. The molecule has 0 aliphatic carbocycles. The van der Waals surface area contributed by atoms with Crippen LogP contribution < -0.4 is 19.7 Å². The number of nitrogens with zero attached hydrogens (tertiary/aromatic N) is 6. The molecule has 2 heterocycles. The number of hydrogen-bond acceptors (Lipinski definition) is 12. The Morgan fingerprint density at radius 3 is 1.77 bits per heavy atom. The van der Waals surface area contributed by atoms with E-state index in [-0.39, 0.29) is 16.6 Å². The zero-order valence-electron chi connectivity index (χ0n) is 70.9. The second kappa shape index (κ2) is 41.8. The highest BCUT2D eigenvalue weighted by Gasteiger charge is 2.26. The quantitative estimate of drug-likeness (QED) is 0.0350. The molecular formula is C106H111N7O5S. The Balaban J connectivity index is 0.000000146. The fraction of sp³-hybridized carbons (Fsp3) is 0.226. The number of thioether (sulfide) groups is 1. The second-order valence-electron chi connectivity index (χ2n) is 32.2. The number of phenolic OH excluding ortho intramolecular Hbond substituents is 3. The van der Waals surface area contributed by atoms with Crippen molar-refractivity contribution >= 4 is 63.4 Å². The van der Waals surface area contributed by atoms with E-state index >= 15 is 0 Å². The molecule has 12 nitrogen and oxygen atoms in total. The van der Waals surface area contributed by atoms with Crippen molar-refractivity contribution in [3.63, 3.8) is 0 Å². The van der Waals surface area contributed by atoms with Crippen molar-refractivity contribution in [2.45, 2.75) is 143 Å². The Kier molecular flexibility index (Phi) is 30.5. The summed E-state index contributed by atoms with van der Waals surface area (Å²) in [6, 6.07) is 94.8. The molecule has 15 rings (SSSR count). The Bertz CT molecular complexity index is 5720. The highest BCUT2D eigenvalue weighted by Crippen LogP contribution is 2.44. The largest absolute Gasteiger partial charge is 0.508 e. The van der Waals surface area contributed by atoms with Crippen LogP contribution in [0.5, 0.6) is 40.2 Å². The molecule has 0 saturated carbocycles. The minimum atomic E-state index is -0.134. The number of aromatic hydroxyl groups is 3. The summed E-state index contributed by atoms with van der Waals surface area (Å²) in [4.78, 5) is 14.3. The van der Waals surface area contributed by atoms with E-state index in [0.29, 0.717) is 29.0 Å². The highest BCUT2D eigenvalue weighted by molar-refractivity contribution is 7.98. The van der Waals surface area contributed by atoms with Crippen molar-refractivity contribution < 1.29 is 24.8 Å². The maximum Gasteiger partial charge on any atom is 0.150 e. The number of fused-ring (bicyclic) bond motifs is 1. The third-order valence-corrected chi connectivity index (χ3v) is 21.4. The van der Waals surface area contributed by atoms with Gasteiger partial charge in [0, 0.05) is 58.4 Å². The first kappa shape index (κ1) is 87.0. The van der Waals surface area contributed by atoms with Crippen LogP contribution in [0.15, 0.2) is 312 Å². The lowest BCUT2D eigenvalue weighted by atomic mass is 9.79. The third-order valence-electron chi connectivity index (χ3n) is 20.6. The molecule has 1 fully saturated rings. The summed E-state index contributed by atoms with van der Waals surface area (Å²) in [6.07, 6.45) is 19.8. The van der Waals surface area contributed by atoms with E-state index in [1.807, 2.05) is 195 Å². The maximum absolute atomic E-state index is 10.8. The van der Waals surface area contributed by atoms with Gasteiger partial charge in [0.2, 0.25) is 0 Å². The molecule has 1 aliphatic rings. The number of nitrogens with one attached hydrogen (secondary N) is 1. The van der Waals surface area contributed by atoms with Gasteiger partial charge in [-0.3, -0.25) is 9.98 Å². The van der Waals surface area contributed by atoms with Crippen LogP contribution in [0, 0.1) is 26.2 Å². The molecule has 0 bridgehead atoms. The van der Waals surface area contributed by atoms with Crippen LogP contribution >= 0.6 is 11.8 Å². The highest BCUT2D eigenvalue weighted by atomic mass is 32.2. The van der Waals surface area contributed by atoms with Gasteiger partial charge in [-0.15, -0.1) is 23.0 Å². The van der Waals surface area contributed by atoms with Crippen LogP contribution in [0.3, 0.4) is 0 Å². The Morgan fingerprint density at radius 2 is 1.10 bits per heavy atom.